The van der Waals surface area contributed by atoms with Crippen molar-refractivity contribution in [1.29, 1.82) is 0 Å². The van der Waals surface area contributed by atoms with Crippen LogP contribution in [0.4, 0.5) is 5.69 Å². The van der Waals surface area contributed by atoms with Crippen LogP contribution in [0.15, 0.2) is 81.1 Å². The van der Waals surface area contributed by atoms with Gasteiger partial charge in [0.1, 0.15) is 10.9 Å². The molecular formula is C29H29N3O4S3. The number of carbonyl (C=O) groups is 2. The second-order valence-electron chi connectivity index (χ2n) is 10.2. The highest BCUT2D eigenvalue weighted by atomic mass is 32.2. The van der Waals surface area contributed by atoms with Gasteiger partial charge in [0, 0.05) is 29.8 Å². The van der Waals surface area contributed by atoms with Gasteiger partial charge < -0.3 is 24.9 Å². The van der Waals surface area contributed by atoms with E-state index in [1.54, 1.807) is 4.90 Å². The Hall–Kier alpha value is -2.75. The number of allylic oxidation sites excluding steroid dienone is 3. The van der Waals surface area contributed by atoms with Crippen molar-refractivity contribution < 1.29 is 19.8 Å². The van der Waals surface area contributed by atoms with Gasteiger partial charge in [-0.1, -0.05) is 72.2 Å². The Balaban J connectivity index is 1.26. The highest BCUT2D eigenvalue weighted by Crippen LogP contribution is 2.48. The smallest absolute Gasteiger partial charge is 0.323 e. The number of para-hydroxylation sites is 1. The van der Waals surface area contributed by atoms with Crippen molar-refractivity contribution in [3.8, 4) is 0 Å². The van der Waals surface area contributed by atoms with Gasteiger partial charge in [-0.15, -0.1) is 0 Å². The molecule has 0 radical (unpaired) electrons. The summed E-state index contributed by atoms with van der Waals surface area (Å²) in [6.45, 7) is 1.98. The topological polar surface area (TPSA) is 84.3 Å². The zero-order valence-corrected chi connectivity index (χ0v) is 23.9. The van der Waals surface area contributed by atoms with Crippen LogP contribution in [0.3, 0.4) is 0 Å². The predicted octanol–water partition coefficient (Wildman–Crippen LogP) is 4.84. The van der Waals surface area contributed by atoms with Gasteiger partial charge in [-0.2, -0.15) is 0 Å². The van der Waals surface area contributed by atoms with Crippen LogP contribution < -0.4 is 4.90 Å². The molecule has 2 aliphatic carbocycles. The lowest BCUT2D eigenvalue weighted by molar-refractivity contribution is -0.138. The third-order valence-corrected chi connectivity index (χ3v) is 10.8. The fourth-order valence-electron chi connectivity index (χ4n) is 6.09. The molecule has 1 aromatic carbocycles. The Bertz CT molecular complexity index is 1400. The average Bonchev–Trinajstić information content (AvgIpc) is 3.56. The monoisotopic (exact) mass is 579 g/mol. The van der Waals surface area contributed by atoms with Crippen LogP contribution in [-0.2, 0) is 9.59 Å². The number of carboxylic acids is 1. The van der Waals surface area contributed by atoms with Gasteiger partial charge in [0.05, 0.1) is 20.9 Å². The molecule has 1 aromatic rings. The van der Waals surface area contributed by atoms with Crippen molar-refractivity contribution in [1.82, 2.24) is 9.80 Å². The molecule has 202 valence electrons. The lowest BCUT2D eigenvalue weighted by Crippen LogP contribution is -2.39. The summed E-state index contributed by atoms with van der Waals surface area (Å²) < 4.78 is 0.301. The van der Waals surface area contributed by atoms with Crippen LogP contribution in [0, 0.1) is 5.92 Å². The van der Waals surface area contributed by atoms with Crippen molar-refractivity contribution in [2.45, 2.75) is 50.1 Å². The SMILES string of the molecule is CCN1C(=O)C(CC2=CC3=C=C(C=C2)N(c2ccccc2)C2CCCC32)SC1=C1SC(=S)N(CC(=O)O)C1O. The highest BCUT2D eigenvalue weighted by molar-refractivity contribution is 8.26. The Morgan fingerprint density at radius 1 is 1.21 bits per heavy atom. The molecule has 0 spiro atoms. The molecule has 3 heterocycles. The van der Waals surface area contributed by atoms with E-state index in [9.17, 15) is 19.8 Å². The molecule has 5 aliphatic rings. The zero-order chi connectivity index (χ0) is 27.3. The maximum Gasteiger partial charge on any atom is 0.323 e. The number of thiocarbonyl (C=S) groups is 1. The second-order valence-corrected chi connectivity index (χ2v) is 13.0. The summed E-state index contributed by atoms with van der Waals surface area (Å²) in [5, 5.41) is 20.4. The molecule has 4 atom stereocenters. The lowest BCUT2D eigenvalue weighted by Gasteiger charge is -2.37. The van der Waals surface area contributed by atoms with E-state index in [0.717, 1.165) is 24.1 Å². The van der Waals surface area contributed by atoms with Gasteiger partial charge >= 0.3 is 5.97 Å². The first-order valence-electron chi connectivity index (χ1n) is 13.2. The van der Waals surface area contributed by atoms with Crippen LogP contribution in [0.25, 0.3) is 0 Å². The number of benzene rings is 1. The van der Waals surface area contributed by atoms with Crippen molar-refractivity contribution in [2.24, 2.45) is 5.92 Å². The van der Waals surface area contributed by atoms with Crippen molar-refractivity contribution >= 4 is 57.6 Å². The molecule has 2 bridgehead atoms. The van der Waals surface area contributed by atoms with E-state index in [4.69, 9.17) is 12.2 Å². The van der Waals surface area contributed by atoms with Crippen LogP contribution in [0.1, 0.15) is 32.6 Å². The van der Waals surface area contributed by atoms with Crippen LogP contribution in [0.2, 0.25) is 0 Å². The highest BCUT2D eigenvalue weighted by Gasteiger charge is 2.44. The minimum absolute atomic E-state index is 0.00260. The van der Waals surface area contributed by atoms with E-state index in [2.05, 4.69) is 53.1 Å². The quantitative estimate of drug-likeness (QED) is 0.363. The molecule has 6 rings (SSSR count). The van der Waals surface area contributed by atoms with Gasteiger partial charge in [-0.3, -0.25) is 9.59 Å². The fraction of sp³-hybridized carbons (Fsp3) is 0.379. The summed E-state index contributed by atoms with van der Waals surface area (Å²) in [6, 6.07) is 10.9. The van der Waals surface area contributed by atoms with Gasteiger partial charge in [0.25, 0.3) is 0 Å². The molecule has 2 saturated heterocycles. The maximum absolute atomic E-state index is 13.5. The van der Waals surface area contributed by atoms with Crippen LogP contribution >= 0.6 is 35.7 Å². The molecule has 3 fully saturated rings. The Kier molecular flexibility index (Phi) is 7.24. The molecule has 1 saturated carbocycles. The maximum atomic E-state index is 13.5. The number of anilines is 1. The third kappa shape index (κ3) is 4.78. The van der Waals surface area contributed by atoms with E-state index in [-0.39, 0.29) is 17.7 Å². The summed E-state index contributed by atoms with van der Waals surface area (Å²) in [4.78, 5) is 30.7. The molecule has 39 heavy (non-hydrogen) atoms. The van der Waals surface area contributed by atoms with E-state index in [1.165, 1.54) is 46.1 Å². The number of carboxylic acid groups (broad SMARTS) is 1. The predicted molar refractivity (Wildman–Crippen MR) is 159 cm³/mol. The van der Waals surface area contributed by atoms with Crippen LogP contribution in [0.5, 0.6) is 0 Å². The summed E-state index contributed by atoms with van der Waals surface area (Å²) in [5.41, 5.74) is 8.24. The summed E-state index contributed by atoms with van der Waals surface area (Å²) in [5.74, 6) is -0.663. The molecule has 3 aliphatic heterocycles. The number of fused-ring (bicyclic) bond motifs is 2. The van der Waals surface area contributed by atoms with Gasteiger partial charge in [-0.25, -0.2) is 0 Å². The Labute approximate surface area is 241 Å². The first-order chi connectivity index (χ1) is 18.9. The van der Waals surface area contributed by atoms with E-state index >= 15 is 0 Å². The number of amides is 1. The van der Waals surface area contributed by atoms with E-state index in [1.807, 2.05) is 13.0 Å². The first-order valence-corrected chi connectivity index (χ1v) is 15.3. The lowest BCUT2D eigenvalue weighted by atomic mass is 9.89. The summed E-state index contributed by atoms with van der Waals surface area (Å²) >= 11 is 7.95. The molecular weight excluding hydrogens is 551 g/mol. The van der Waals surface area contributed by atoms with E-state index < -0.39 is 12.2 Å². The number of aliphatic hydroxyl groups is 1. The van der Waals surface area contributed by atoms with Crippen molar-refractivity contribution in [3.63, 3.8) is 0 Å². The number of thioether (sulfide) groups is 2. The van der Waals surface area contributed by atoms with Gasteiger partial charge in [-0.05, 0) is 56.0 Å². The average molecular weight is 580 g/mol. The van der Waals surface area contributed by atoms with Crippen molar-refractivity contribution in [3.05, 3.63) is 81.1 Å². The Morgan fingerprint density at radius 2 is 2.00 bits per heavy atom. The van der Waals surface area contributed by atoms with Crippen LogP contribution in [-0.4, -0.2) is 66.8 Å². The minimum Gasteiger partial charge on any atom is -0.480 e. The standard InChI is InChI=1S/C29H29N3O4S3/c1-2-30-26(35)23(38-28(30)25-27(36)31(16-24(33)34)29(37)39-25)14-17-11-12-20-15-18(13-17)21-9-6-10-22(21)32(20)19-7-4-3-5-8-19/h3-5,7-8,11-13,21-23,27,36H,2,6,9-10,14,16H2,1H3,(H,33,34). The number of hydrogen-bond donors (Lipinski definition) is 2. The number of rotatable bonds is 6. The van der Waals surface area contributed by atoms with Crippen molar-refractivity contribution in [2.75, 3.05) is 18.0 Å². The number of aliphatic hydroxyl groups excluding tert-OH is 1. The molecule has 10 heteroatoms. The number of aliphatic carboxylic acids is 1. The van der Waals surface area contributed by atoms with Gasteiger partial charge in [0.15, 0.2) is 6.23 Å². The number of hydrogen-bond acceptors (Lipinski definition) is 7. The minimum atomic E-state index is -1.17. The zero-order valence-electron chi connectivity index (χ0n) is 21.4. The first kappa shape index (κ1) is 26.5. The number of nitrogens with zero attached hydrogens (tertiary/aromatic N) is 3. The summed E-state index contributed by atoms with van der Waals surface area (Å²) in [6.07, 6.45) is 9.31. The molecule has 1 amide bonds. The fourth-order valence-corrected chi connectivity index (χ4v) is 9.03. The second kappa shape index (κ2) is 10.7. The van der Waals surface area contributed by atoms with Gasteiger partial charge in [0.2, 0.25) is 5.91 Å². The molecule has 4 unspecified atom stereocenters. The summed E-state index contributed by atoms with van der Waals surface area (Å²) in [7, 11) is 0. The molecule has 0 aromatic heterocycles. The molecule has 2 N–H and O–H groups in total. The normalized spacial score (nSPS) is 29.9. The number of carbonyl (C=O) groups excluding carboxylic acids is 1. The molecule has 7 nitrogen and oxygen atoms in total. The largest absolute Gasteiger partial charge is 0.480 e. The Morgan fingerprint density at radius 3 is 2.74 bits per heavy atom. The third-order valence-electron chi connectivity index (χ3n) is 7.83. The van der Waals surface area contributed by atoms with E-state index in [0.29, 0.717) is 39.2 Å².